The van der Waals surface area contributed by atoms with Gasteiger partial charge >= 0.3 is 0 Å². The number of rotatable bonds is 5. The van der Waals surface area contributed by atoms with Crippen molar-refractivity contribution in [1.82, 2.24) is 5.01 Å². The van der Waals surface area contributed by atoms with Gasteiger partial charge in [-0.15, -0.1) is 0 Å². The highest BCUT2D eigenvalue weighted by Crippen LogP contribution is 2.17. The van der Waals surface area contributed by atoms with Gasteiger partial charge in [-0.25, -0.2) is 5.01 Å². The number of nitrogens with zero attached hydrogens (tertiary/aromatic N) is 2. The molecule has 1 aromatic carbocycles. The zero-order valence-electron chi connectivity index (χ0n) is 10.8. The maximum Gasteiger partial charge on any atom is 0.248 e. The van der Waals surface area contributed by atoms with Gasteiger partial charge in [0.05, 0.1) is 18.7 Å². The van der Waals surface area contributed by atoms with Crippen LogP contribution in [-0.2, 0) is 4.79 Å². The Labute approximate surface area is 107 Å². The van der Waals surface area contributed by atoms with Gasteiger partial charge in [-0.3, -0.25) is 4.79 Å². The molecule has 18 heavy (non-hydrogen) atoms. The average Bonchev–Trinajstić information content (AvgIpc) is 2.71. The molecule has 0 atom stereocenters. The van der Waals surface area contributed by atoms with E-state index < -0.39 is 0 Å². The SMILES string of the molecule is CCCCOc1ccc(C2=NN(C)C(=O)C2)cc1. The quantitative estimate of drug-likeness (QED) is 0.749. The summed E-state index contributed by atoms with van der Waals surface area (Å²) in [6.07, 6.45) is 2.57. The number of hydrogen-bond donors (Lipinski definition) is 0. The van der Waals surface area contributed by atoms with Crippen molar-refractivity contribution >= 4 is 11.6 Å². The van der Waals surface area contributed by atoms with E-state index in [-0.39, 0.29) is 5.91 Å². The highest BCUT2D eigenvalue weighted by Gasteiger charge is 2.21. The lowest BCUT2D eigenvalue weighted by Crippen LogP contribution is -2.14. The van der Waals surface area contributed by atoms with Gasteiger partial charge in [0.15, 0.2) is 0 Å². The van der Waals surface area contributed by atoms with Crippen molar-refractivity contribution in [3.05, 3.63) is 29.8 Å². The lowest BCUT2D eigenvalue weighted by molar-refractivity contribution is -0.127. The summed E-state index contributed by atoms with van der Waals surface area (Å²) < 4.78 is 5.59. The maximum atomic E-state index is 11.4. The van der Waals surface area contributed by atoms with E-state index in [1.807, 2.05) is 24.3 Å². The van der Waals surface area contributed by atoms with Crippen molar-refractivity contribution in [2.24, 2.45) is 5.10 Å². The normalized spacial score (nSPS) is 14.9. The number of hydrazone groups is 1. The number of ether oxygens (including phenoxy) is 1. The van der Waals surface area contributed by atoms with Gasteiger partial charge in [0.1, 0.15) is 5.75 Å². The van der Waals surface area contributed by atoms with Crippen LogP contribution in [0.4, 0.5) is 0 Å². The molecule has 96 valence electrons. The van der Waals surface area contributed by atoms with Crippen molar-refractivity contribution in [3.63, 3.8) is 0 Å². The Morgan fingerprint density at radius 3 is 2.61 bits per heavy atom. The maximum absolute atomic E-state index is 11.4. The summed E-state index contributed by atoms with van der Waals surface area (Å²) in [5.41, 5.74) is 1.80. The van der Waals surface area contributed by atoms with Crippen LogP contribution in [0.3, 0.4) is 0 Å². The van der Waals surface area contributed by atoms with E-state index in [0.717, 1.165) is 36.5 Å². The molecule has 1 aliphatic rings. The minimum absolute atomic E-state index is 0.0354. The van der Waals surface area contributed by atoms with Gasteiger partial charge in [0.25, 0.3) is 0 Å². The molecule has 0 bridgehead atoms. The van der Waals surface area contributed by atoms with Gasteiger partial charge in [0, 0.05) is 7.05 Å². The Morgan fingerprint density at radius 2 is 2.06 bits per heavy atom. The fourth-order valence-electron chi connectivity index (χ4n) is 1.77. The first-order chi connectivity index (χ1) is 8.70. The third-order valence-corrected chi connectivity index (χ3v) is 2.90. The molecule has 0 N–H and O–H groups in total. The first-order valence-corrected chi connectivity index (χ1v) is 6.28. The van der Waals surface area contributed by atoms with E-state index in [1.165, 1.54) is 5.01 Å². The molecule has 0 fully saturated rings. The molecule has 4 nitrogen and oxygen atoms in total. The van der Waals surface area contributed by atoms with Crippen molar-refractivity contribution in [3.8, 4) is 5.75 Å². The largest absolute Gasteiger partial charge is 0.494 e. The van der Waals surface area contributed by atoms with Crippen LogP contribution in [0.15, 0.2) is 29.4 Å². The number of carbonyl (C=O) groups is 1. The number of carbonyl (C=O) groups excluding carboxylic acids is 1. The summed E-state index contributed by atoms with van der Waals surface area (Å²) >= 11 is 0. The Morgan fingerprint density at radius 1 is 1.33 bits per heavy atom. The molecule has 1 amide bonds. The van der Waals surface area contributed by atoms with Crippen molar-refractivity contribution in [2.45, 2.75) is 26.2 Å². The van der Waals surface area contributed by atoms with Crippen LogP contribution in [0, 0.1) is 0 Å². The fraction of sp³-hybridized carbons (Fsp3) is 0.429. The van der Waals surface area contributed by atoms with E-state index in [2.05, 4.69) is 12.0 Å². The van der Waals surface area contributed by atoms with Gasteiger partial charge in [-0.2, -0.15) is 5.10 Å². The minimum Gasteiger partial charge on any atom is -0.494 e. The first-order valence-electron chi connectivity index (χ1n) is 6.28. The Bertz CT molecular complexity index is 451. The van der Waals surface area contributed by atoms with E-state index in [1.54, 1.807) is 7.05 Å². The van der Waals surface area contributed by atoms with Crippen LogP contribution in [0.1, 0.15) is 31.7 Å². The predicted octanol–water partition coefficient (Wildman–Crippen LogP) is 2.43. The third kappa shape index (κ3) is 2.88. The average molecular weight is 246 g/mol. The zero-order chi connectivity index (χ0) is 13.0. The van der Waals surface area contributed by atoms with E-state index in [4.69, 9.17) is 4.74 Å². The molecule has 1 aromatic rings. The summed E-state index contributed by atoms with van der Waals surface area (Å²) in [6.45, 7) is 2.89. The van der Waals surface area contributed by atoms with E-state index in [9.17, 15) is 4.79 Å². The van der Waals surface area contributed by atoms with Gasteiger partial charge in [-0.1, -0.05) is 13.3 Å². The van der Waals surface area contributed by atoms with E-state index >= 15 is 0 Å². The molecule has 0 aromatic heterocycles. The summed E-state index contributed by atoms with van der Waals surface area (Å²) in [6, 6.07) is 7.76. The second-order valence-corrected chi connectivity index (χ2v) is 4.37. The number of hydrogen-bond acceptors (Lipinski definition) is 3. The Hall–Kier alpha value is -1.84. The molecule has 0 saturated heterocycles. The molecule has 0 unspecified atom stereocenters. The van der Waals surface area contributed by atoms with Crippen LogP contribution in [0.5, 0.6) is 5.75 Å². The number of amides is 1. The molecule has 1 heterocycles. The van der Waals surface area contributed by atoms with Crippen LogP contribution in [0.25, 0.3) is 0 Å². The minimum atomic E-state index is 0.0354. The molecular formula is C14H18N2O2. The molecule has 1 aliphatic heterocycles. The lowest BCUT2D eigenvalue weighted by Gasteiger charge is -2.06. The smallest absolute Gasteiger partial charge is 0.248 e. The summed E-state index contributed by atoms with van der Waals surface area (Å²) in [5, 5.41) is 5.59. The number of benzene rings is 1. The van der Waals surface area contributed by atoms with Crippen molar-refractivity contribution in [2.75, 3.05) is 13.7 Å². The second-order valence-electron chi connectivity index (χ2n) is 4.37. The molecule has 0 spiro atoms. The summed E-state index contributed by atoms with van der Waals surface area (Å²) in [7, 11) is 1.68. The van der Waals surface area contributed by atoms with Crippen molar-refractivity contribution < 1.29 is 9.53 Å². The summed E-state index contributed by atoms with van der Waals surface area (Å²) in [5.74, 6) is 0.902. The standard InChI is InChI=1S/C14H18N2O2/c1-3-4-9-18-12-7-5-11(6-8-12)13-10-14(17)16(2)15-13/h5-8H,3-4,9-10H2,1-2H3. The zero-order valence-corrected chi connectivity index (χ0v) is 10.8. The topological polar surface area (TPSA) is 41.9 Å². The first kappa shape index (κ1) is 12.6. The monoisotopic (exact) mass is 246 g/mol. The highest BCUT2D eigenvalue weighted by molar-refractivity contribution is 6.13. The van der Waals surface area contributed by atoms with Gasteiger partial charge in [0.2, 0.25) is 5.91 Å². The Balaban J connectivity index is 2.00. The van der Waals surface area contributed by atoms with Gasteiger partial charge < -0.3 is 4.74 Å². The molecule has 4 heteroatoms. The fourth-order valence-corrected chi connectivity index (χ4v) is 1.77. The lowest BCUT2D eigenvalue weighted by atomic mass is 10.1. The molecule has 0 radical (unpaired) electrons. The van der Waals surface area contributed by atoms with E-state index in [0.29, 0.717) is 6.42 Å². The molecule has 2 rings (SSSR count). The number of unbranched alkanes of at least 4 members (excludes halogenated alkanes) is 1. The molecule has 0 saturated carbocycles. The second kappa shape index (κ2) is 5.67. The van der Waals surface area contributed by atoms with Crippen LogP contribution >= 0.6 is 0 Å². The van der Waals surface area contributed by atoms with Crippen LogP contribution in [-0.4, -0.2) is 30.3 Å². The third-order valence-electron chi connectivity index (χ3n) is 2.90. The van der Waals surface area contributed by atoms with Crippen molar-refractivity contribution in [1.29, 1.82) is 0 Å². The summed E-state index contributed by atoms with van der Waals surface area (Å²) in [4.78, 5) is 11.4. The predicted molar refractivity (Wildman–Crippen MR) is 70.8 cm³/mol. The molecular weight excluding hydrogens is 228 g/mol. The van der Waals surface area contributed by atoms with Gasteiger partial charge in [-0.05, 0) is 36.2 Å². The van der Waals surface area contributed by atoms with Crippen LogP contribution < -0.4 is 4.74 Å². The molecule has 0 aliphatic carbocycles. The van der Waals surface area contributed by atoms with Crippen LogP contribution in [0.2, 0.25) is 0 Å². The highest BCUT2D eigenvalue weighted by atomic mass is 16.5. The Kier molecular flexibility index (Phi) is 3.97.